The summed E-state index contributed by atoms with van der Waals surface area (Å²) in [5, 5.41) is 9.34. The first-order valence-corrected chi connectivity index (χ1v) is 7.25. The van der Waals surface area contributed by atoms with Crippen molar-refractivity contribution in [1.82, 2.24) is 0 Å². The molecule has 19 heavy (non-hydrogen) atoms. The Morgan fingerprint density at radius 1 is 0.789 bits per heavy atom. The number of phenols is 1. The molecule has 1 aromatic carbocycles. The third kappa shape index (κ3) is 3.52. The fraction of sp³-hybridized carbons (Fsp3) is 0.667. The van der Waals surface area contributed by atoms with Gasteiger partial charge in [0.05, 0.1) is 0 Å². The molecule has 0 saturated carbocycles. The monoisotopic (exact) mass is 262 g/mol. The molecule has 0 unspecified atom stereocenters. The Morgan fingerprint density at radius 2 is 1.21 bits per heavy atom. The molecule has 0 amide bonds. The Kier molecular flexibility index (Phi) is 4.39. The molecule has 0 aliphatic heterocycles. The summed E-state index contributed by atoms with van der Waals surface area (Å²) in [5.74, 6) is 0.346. The van der Waals surface area contributed by atoms with Crippen molar-refractivity contribution in [3.05, 3.63) is 29.8 Å². The van der Waals surface area contributed by atoms with Gasteiger partial charge in [-0.3, -0.25) is 0 Å². The van der Waals surface area contributed by atoms with Crippen LogP contribution in [-0.2, 0) is 6.42 Å². The van der Waals surface area contributed by atoms with Crippen LogP contribution in [0.25, 0.3) is 0 Å². The number of aromatic hydroxyl groups is 1. The van der Waals surface area contributed by atoms with Crippen molar-refractivity contribution in [2.45, 2.75) is 61.3 Å². The fourth-order valence-corrected chi connectivity index (χ4v) is 2.93. The van der Waals surface area contributed by atoms with Gasteiger partial charge in [-0.1, -0.05) is 60.6 Å². The Hall–Kier alpha value is -0.980. The van der Waals surface area contributed by atoms with Gasteiger partial charge in [-0.25, -0.2) is 0 Å². The van der Waals surface area contributed by atoms with Crippen LogP contribution in [0.4, 0.5) is 0 Å². The van der Waals surface area contributed by atoms with Crippen LogP contribution >= 0.6 is 0 Å². The number of hydrogen-bond acceptors (Lipinski definition) is 1. The van der Waals surface area contributed by atoms with Crippen molar-refractivity contribution in [3.63, 3.8) is 0 Å². The van der Waals surface area contributed by atoms with E-state index >= 15 is 0 Å². The molecule has 1 N–H and O–H groups in total. The van der Waals surface area contributed by atoms with Crippen LogP contribution < -0.4 is 0 Å². The lowest BCUT2D eigenvalue weighted by Gasteiger charge is -2.52. The molecule has 0 aliphatic rings. The first kappa shape index (κ1) is 16.1. The highest BCUT2D eigenvalue weighted by Gasteiger charge is 2.45. The quantitative estimate of drug-likeness (QED) is 0.770. The van der Waals surface area contributed by atoms with Gasteiger partial charge in [-0.2, -0.15) is 0 Å². The highest BCUT2D eigenvalue weighted by molar-refractivity contribution is 5.26. The maximum Gasteiger partial charge on any atom is 0.115 e. The van der Waals surface area contributed by atoms with Gasteiger partial charge in [0.1, 0.15) is 5.75 Å². The highest BCUT2D eigenvalue weighted by atomic mass is 16.3. The lowest BCUT2D eigenvalue weighted by Crippen LogP contribution is -2.44. The SMILES string of the molecule is CC(C)(C)C(C)(CCc1ccc(O)cc1)C(C)(C)C. The fourth-order valence-electron chi connectivity index (χ4n) is 2.93. The molecule has 108 valence electrons. The lowest BCUT2D eigenvalue weighted by molar-refractivity contribution is -0.0214. The van der Waals surface area contributed by atoms with Crippen LogP contribution in [0.1, 0.15) is 60.5 Å². The Balaban J connectivity index is 2.89. The van der Waals surface area contributed by atoms with E-state index in [1.807, 2.05) is 12.1 Å². The third-order valence-electron chi connectivity index (χ3n) is 5.16. The highest BCUT2D eigenvalue weighted by Crippen LogP contribution is 2.54. The second-order valence-corrected chi connectivity index (χ2v) is 8.00. The normalized spacial score (nSPS) is 13.6. The summed E-state index contributed by atoms with van der Waals surface area (Å²) in [4.78, 5) is 0. The molecule has 0 aromatic heterocycles. The number of hydrogen-bond donors (Lipinski definition) is 1. The van der Waals surface area contributed by atoms with Crippen molar-refractivity contribution in [3.8, 4) is 5.75 Å². The van der Waals surface area contributed by atoms with Crippen LogP contribution in [0.5, 0.6) is 5.75 Å². The number of aryl methyl sites for hydroxylation is 1. The first-order chi connectivity index (χ1) is 8.47. The summed E-state index contributed by atoms with van der Waals surface area (Å²) in [7, 11) is 0. The average Bonchev–Trinajstić information content (AvgIpc) is 2.24. The zero-order valence-electron chi connectivity index (χ0n) is 13.7. The molecular formula is C18H30O. The molecule has 0 saturated heterocycles. The largest absolute Gasteiger partial charge is 0.508 e. The lowest BCUT2D eigenvalue weighted by atomic mass is 9.53. The van der Waals surface area contributed by atoms with Gasteiger partial charge in [0.2, 0.25) is 0 Å². The Morgan fingerprint density at radius 3 is 1.58 bits per heavy atom. The molecular weight excluding hydrogens is 232 g/mol. The minimum atomic E-state index is 0.262. The predicted molar refractivity (Wildman–Crippen MR) is 83.4 cm³/mol. The molecule has 0 fully saturated rings. The molecule has 1 rings (SSSR count). The smallest absolute Gasteiger partial charge is 0.115 e. The van der Waals surface area contributed by atoms with E-state index < -0.39 is 0 Å². The molecule has 0 bridgehead atoms. The van der Waals surface area contributed by atoms with Gasteiger partial charge in [0, 0.05) is 0 Å². The summed E-state index contributed by atoms with van der Waals surface area (Å²) < 4.78 is 0. The summed E-state index contributed by atoms with van der Waals surface area (Å²) in [6.45, 7) is 16.5. The predicted octanol–water partition coefficient (Wildman–Crippen LogP) is 5.42. The van der Waals surface area contributed by atoms with Crippen molar-refractivity contribution in [2.24, 2.45) is 16.2 Å². The Labute approximate surface area is 119 Å². The minimum absolute atomic E-state index is 0.262. The Bertz CT molecular complexity index is 387. The molecule has 1 heteroatoms. The summed E-state index contributed by atoms with van der Waals surface area (Å²) in [5.41, 5.74) is 2.10. The van der Waals surface area contributed by atoms with Crippen molar-refractivity contribution in [1.29, 1.82) is 0 Å². The number of phenolic OH excluding ortho intramolecular Hbond substituents is 1. The maximum atomic E-state index is 9.34. The molecule has 0 heterocycles. The van der Waals surface area contributed by atoms with Crippen molar-refractivity contribution < 1.29 is 5.11 Å². The molecule has 0 aliphatic carbocycles. The van der Waals surface area contributed by atoms with Crippen molar-refractivity contribution in [2.75, 3.05) is 0 Å². The minimum Gasteiger partial charge on any atom is -0.508 e. The third-order valence-corrected chi connectivity index (χ3v) is 5.16. The van der Waals surface area contributed by atoms with Gasteiger partial charge < -0.3 is 5.11 Å². The van der Waals surface area contributed by atoms with Gasteiger partial charge in [-0.05, 0) is 46.8 Å². The van der Waals surface area contributed by atoms with Crippen LogP contribution in [0.15, 0.2) is 24.3 Å². The van der Waals surface area contributed by atoms with E-state index in [1.54, 1.807) is 12.1 Å². The molecule has 1 aromatic rings. The van der Waals surface area contributed by atoms with Crippen LogP contribution in [-0.4, -0.2) is 5.11 Å². The van der Waals surface area contributed by atoms with Crippen LogP contribution in [0, 0.1) is 16.2 Å². The zero-order valence-corrected chi connectivity index (χ0v) is 13.7. The van der Waals surface area contributed by atoms with Gasteiger partial charge in [0.15, 0.2) is 0 Å². The molecule has 0 spiro atoms. The maximum absolute atomic E-state index is 9.34. The van der Waals surface area contributed by atoms with Gasteiger partial charge >= 0.3 is 0 Å². The van der Waals surface area contributed by atoms with Crippen LogP contribution in [0.3, 0.4) is 0 Å². The number of benzene rings is 1. The summed E-state index contributed by atoms with van der Waals surface area (Å²) in [6, 6.07) is 7.61. The van der Waals surface area contributed by atoms with E-state index in [0.717, 1.165) is 12.8 Å². The summed E-state index contributed by atoms with van der Waals surface area (Å²) in [6.07, 6.45) is 2.22. The van der Waals surface area contributed by atoms with Gasteiger partial charge in [-0.15, -0.1) is 0 Å². The van der Waals surface area contributed by atoms with E-state index in [1.165, 1.54) is 5.56 Å². The number of rotatable bonds is 3. The second-order valence-electron chi connectivity index (χ2n) is 8.00. The average molecular weight is 262 g/mol. The van der Waals surface area contributed by atoms with Gasteiger partial charge in [0.25, 0.3) is 0 Å². The second kappa shape index (κ2) is 5.19. The molecule has 0 atom stereocenters. The first-order valence-electron chi connectivity index (χ1n) is 7.25. The van der Waals surface area contributed by atoms with E-state index in [2.05, 4.69) is 48.5 Å². The molecule has 1 nitrogen and oxygen atoms in total. The zero-order chi connectivity index (χ0) is 14.9. The van der Waals surface area contributed by atoms with Crippen LogP contribution in [0.2, 0.25) is 0 Å². The van der Waals surface area contributed by atoms with Crippen molar-refractivity contribution >= 4 is 0 Å². The van der Waals surface area contributed by atoms with E-state index in [-0.39, 0.29) is 16.2 Å². The van der Waals surface area contributed by atoms with E-state index in [4.69, 9.17) is 0 Å². The topological polar surface area (TPSA) is 20.2 Å². The standard InChI is InChI=1S/C18H30O/c1-16(2,3)18(7,17(4,5)6)13-12-14-8-10-15(19)11-9-14/h8-11,19H,12-13H2,1-7H3. The van der Waals surface area contributed by atoms with E-state index in [9.17, 15) is 5.11 Å². The molecule has 0 radical (unpaired) electrons. The summed E-state index contributed by atoms with van der Waals surface area (Å²) >= 11 is 0. The van der Waals surface area contributed by atoms with E-state index in [0.29, 0.717) is 5.75 Å².